The van der Waals surface area contributed by atoms with E-state index in [1.807, 2.05) is 30.3 Å². The SMILES string of the molecule is Clc1cc(Br)ccc1CSc1ccc2c(c1)OCCCO2. The van der Waals surface area contributed by atoms with E-state index in [4.69, 9.17) is 21.1 Å². The zero-order chi connectivity index (χ0) is 14.7. The molecule has 1 aliphatic rings. The molecule has 1 aliphatic heterocycles. The van der Waals surface area contributed by atoms with Crippen LogP contribution in [0.1, 0.15) is 12.0 Å². The van der Waals surface area contributed by atoms with Crippen LogP contribution in [-0.4, -0.2) is 13.2 Å². The van der Waals surface area contributed by atoms with Crippen molar-refractivity contribution in [2.75, 3.05) is 13.2 Å². The van der Waals surface area contributed by atoms with Crippen molar-refractivity contribution in [2.45, 2.75) is 17.1 Å². The molecule has 2 aromatic rings. The Balaban J connectivity index is 1.72. The van der Waals surface area contributed by atoms with Gasteiger partial charge in [-0.25, -0.2) is 0 Å². The normalized spacial score (nSPS) is 13.8. The number of benzene rings is 2. The monoisotopic (exact) mass is 384 g/mol. The fourth-order valence-electron chi connectivity index (χ4n) is 2.03. The number of fused-ring (bicyclic) bond motifs is 1. The Hall–Kier alpha value is -0.840. The highest BCUT2D eigenvalue weighted by atomic mass is 79.9. The van der Waals surface area contributed by atoms with Crippen LogP contribution in [0.5, 0.6) is 11.5 Å². The second-order valence-corrected chi connectivity index (χ2v) is 7.06. The molecule has 3 rings (SSSR count). The predicted molar refractivity (Wildman–Crippen MR) is 90.8 cm³/mol. The molecule has 0 fully saturated rings. The van der Waals surface area contributed by atoms with E-state index < -0.39 is 0 Å². The third-order valence-electron chi connectivity index (χ3n) is 3.13. The van der Waals surface area contributed by atoms with Crippen molar-refractivity contribution in [1.82, 2.24) is 0 Å². The molecule has 0 atom stereocenters. The number of hydrogen-bond donors (Lipinski definition) is 0. The van der Waals surface area contributed by atoms with Crippen molar-refractivity contribution in [3.8, 4) is 11.5 Å². The zero-order valence-corrected chi connectivity index (χ0v) is 14.4. The van der Waals surface area contributed by atoms with Crippen LogP contribution in [0.15, 0.2) is 45.8 Å². The molecule has 0 amide bonds. The van der Waals surface area contributed by atoms with Crippen molar-refractivity contribution in [3.05, 3.63) is 51.5 Å². The molecule has 0 saturated carbocycles. The van der Waals surface area contributed by atoms with Gasteiger partial charge in [0.15, 0.2) is 11.5 Å². The zero-order valence-electron chi connectivity index (χ0n) is 11.3. The van der Waals surface area contributed by atoms with Gasteiger partial charge in [-0.05, 0) is 35.9 Å². The molecule has 0 unspecified atom stereocenters. The van der Waals surface area contributed by atoms with E-state index in [1.54, 1.807) is 11.8 Å². The minimum Gasteiger partial charge on any atom is -0.490 e. The van der Waals surface area contributed by atoms with Crippen LogP contribution in [0.3, 0.4) is 0 Å². The highest BCUT2D eigenvalue weighted by molar-refractivity contribution is 9.10. The number of thioether (sulfide) groups is 1. The molecule has 0 N–H and O–H groups in total. The van der Waals surface area contributed by atoms with Crippen molar-refractivity contribution < 1.29 is 9.47 Å². The van der Waals surface area contributed by atoms with Gasteiger partial charge in [0.05, 0.1) is 13.2 Å². The van der Waals surface area contributed by atoms with Crippen LogP contribution < -0.4 is 9.47 Å². The average molecular weight is 386 g/mol. The average Bonchev–Trinajstić information content (AvgIpc) is 2.71. The van der Waals surface area contributed by atoms with Crippen LogP contribution in [0, 0.1) is 0 Å². The standard InChI is InChI=1S/C16H14BrClO2S/c17-12-3-2-11(14(18)8-12)10-21-13-4-5-15-16(9-13)20-7-1-6-19-15/h2-5,8-9H,1,6-7,10H2. The Labute approximate surface area is 141 Å². The Morgan fingerprint density at radius 2 is 1.86 bits per heavy atom. The topological polar surface area (TPSA) is 18.5 Å². The maximum absolute atomic E-state index is 6.24. The summed E-state index contributed by atoms with van der Waals surface area (Å²) in [6.45, 7) is 1.42. The number of hydrogen-bond acceptors (Lipinski definition) is 3. The smallest absolute Gasteiger partial charge is 0.162 e. The molecule has 21 heavy (non-hydrogen) atoms. The van der Waals surface area contributed by atoms with Gasteiger partial charge < -0.3 is 9.47 Å². The van der Waals surface area contributed by atoms with Crippen LogP contribution in [0.4, 0.5) is 0 Å². The van der Waals surface area contributed by atoms with Crippen molar-refractivity contribution >= 4 is 39.3 Å². The van der Waals surface area contributed by atoms with Gasteiger partial charge in [0.2, 0.25) is 0 Å². The molecule has 2 aromatic carbocycles. The quantitative estimate of drug-likeness (QED) is 0.645. The molecule has 1 heterocycles. The lowest BCUT2D eigenvalue weighted by molar-refractivity contribution is 0.297. The van der Waals surface area contributed by atoms with Gasteiger partial charge in [-0.15, -0.1) is 11.8 Å². The predicted octanol–water partition coefficient (Wildman–Crippen LogP) is 5.56. The van der Waals surface area contributed by atoms with Crippen LogP contribution in [-0.2, 0) is 5.75 Å². The fourth-order valence-corrected chi connectivity index (χ4v) is 3.78. The van der Waals surface area contributed by atoms with E-state index in [0.29, 0.717) is 13.2 Å². The number of halogens is 2. The van der Waals surface area contributed by atoms with Gasteiger partial charge in [0.1, 0.15) is 0 Å². The van der Waals surface area contributed by atoms with Crippen LogP contribution >= 0.6 is 39.3 Å². The molecular weight excluding hydrogens is 372 g/mol. The van der Waals surface area contributed by atoms with E-state index in [9.17, 15) is 0 Å². The summed E-state index contributed by atoms with van der Waals surface area (Å²) in [5.41, 5.74) is 1.12. The van der Waals surface area contributed by atoms with E-state index in [1.165, 1.54) is 0 Å². The first kappa shape index (κ1) is 15.1. The fraction of sp³-hybridized carbons (Fsp3) is 0.250. The Bertz CT molecular complexity index is 648. The van der Waals surface area contributed by atoms with Crippen LogP contribution in [0.2, 0.25) is 5.02 Å². The summed E-state index contributed by atoms with van der Waals surface area (Å²) in [5, 5.41) is 0.784. The molecule has 0 saturated heterocycles. The van der Waals surface area contributed by atoms with Crippen molar-refractivity contribution in [1.29, 1.82) is 0 Å². The second kappa shape index (κ2) is 6.95. The third kappa shape index (κ3) is 3.87. The van der Waals surface area contributed by atoms with Gasteiger partial charge >= 0.3 is 0 Å². The molecule has 0 radical (unpaired) electrons. The summed E-state index contributed by atoms with van der Waals surface area (Å²) < 4.78 is 12.3. The molecule has 2 nitrogen and oxygen atoms in total. The summed E-state index contributed by atoms with van der Waals surface area (Å²) in [6.07, 6.45) is 0.922. The Morgan fingerprint density at radius 1 is 1.05 bits per heavy atom. The van der Waals surface area contributed by atoms with Gasteiger partial charge in [-0.1, -0.05) is 33.6 Å². The lowest BCUT2D eigenvalue weighted by Crippen LogP contribution is -1.97. The van der Waals surface area contributed by atoms with Crippen molar-refractivity contribution in [2.24, 2.45) is 0 Å². The van der Waals surface area contributed by atoms with E-state index in [0.717, 1.165) is 43.6 Å². The highest BCUT2D eigenvalue weighted by Crippen LogP contribution is 2.35. The third-order valence-corrected chi connectivity index (χ3v) is 5.02. The molecule has 110 valence electrons. The molecule has 0 aliphatic carbocycles. The summed E-state index contributed by atoms with van der Waals surface area (Å²) in [7, 11) is 0. The first-order chi connectivity index (χ1) is 10.2. The summed E-state index contributed by atoms with van der Waals surface area (Å²) in [6, 6.07) is 12.1. The highest BCUT2D eigenvalue weighted by Gasteiger charge is 2.11. The minimum atomic E-state index is 0.708. The second-order valence-electron chi connectivity index (χ2n) is 4.68. The molecule has 0 spiro atoms. The van der Waals surface area contributed by atoms with E-state index >= 15 is 0 Å². The summed E-state index contributed by atoms with van der Waals surface area (Å²) in [4.78, 5) is 1.15. The van der Waals surface area contributed by atoms with E-state index in [2.05, 4.69) is 22.0 Å². The van der Waals surface area contributed by atoms with E-state index in [-0.39, 0.29) is 0 Å². The van der Waals surface area contributed by atoms with Crippen LogP contribution in [0.25, 0.3) is 0 Å². The minimum absolute atomic E-state index is 0.708. The number of rotatable bonds is 3. The first-order valence-corrected chi connectivity index (χ1v) is 8.84. The van der Waals surface area contributed by atoms with Gasteiger partial charge in [0, 0.05) is 26.6 Å². The van der Waals surface area contributed by atoms with Gasteiger partial charge in [0.25, 0.3) is 0 Å². The van der Waals surface area contributed by atoms with Gasteiger partial charge in [-0.2, -0.15) is 0 Å². The summed E-state index contributed by atoms with van der Waals surface area (Å²) in [5.74, 6) is 2.49. The molecule has 0 aromatic heterocycles. The van der Waals surface area contributed by atoms with Gasteiger partial charge in [-0.3, -0.25) is 0 Å². The number of ether oxygens (including phenoxy) is 2. The molecule has 5 heteroatoms. The largest absolute Gasteiger partial charge is 0.490 e. The first-order valence-electron chi connectivity index (χ1n) is 6.69. The molecule has 0 bridgehead atoms. The summed E-state index contributed by atoms with van der Waals surface area (Å²) >= 11 is 11.4. The van der Waals surface area contributed by atoms with Crippen molar-refractivity contribution in [3.63, 3.8) is 0 Å². The maximum atomic E-state index is 6.24. The Morgan fingerprint density at radius 3 is 2.67 bits per heavy atom. The lowest BCUT2D eigenvalue weighted by Gasteiger charge is -2.09. The lowest BCUT2D eigenvalue weighted by atomic mass is 10.2. The Kier molecular flexibility index (Phi) is 4.99. The molecular formula is C16H14BrClO2S. The maximum Gasteiger partial charge on any atom is 0.162 e.